The molecule has 3 nitrogen and oxygen atoms in total. The molecule has 0 radical (unpaired) electrons. The Morgan fingerprint density at radius 3 is 2.28 bits per heavy atom. The van der Waals surface area contributed by atoms with Crippen LogP contribution in [0.4, 0.5) is 13.2 Å². The van der Waals surface area contributed by atoms with Crippen molar-refractivity contribution in [3.63, 3.8) is 0 Å². The molecule has 0 amide bonds. The molecule has 0 bridgehead atoms. The fraction of sp³-hybridized carbons (Fsp3) is 0.364. The Balaban J connectivity index is 0.00000289. The standard InChI is InChI=1S/C11H12F3NO2.ClH/c12-8-3-1-7(2-4-8)5-11(13,14)6-9(15)10(16)17;/h1-4,9H,5-6,15H2,(H,16,17);1H/t9-;/m0./s1. The first kappa shape index (κ1) is 16.7. The second kappa shape index (κ2) is 6.61. The maximum atomic E-state index is 13.4. The van der Waals surface area contributed by atoms with Crippen LogP contribution < -0.4 is 5.73 Å². The van der Waals surface area contributed by atoms with Gasteiger partial charge in [-0.05, 0) is 17.7 Å². The highest BCUT2D eigenvalue weighted by Gasteiger charge is 2.34. The van der Waals surface area contributed by atoms with Crippen LogP contribution in [0, 0.1) is 5.82 Å². The van der Waals surface area contributed by atoms with Gasteiger partial charge in [0.25, 0.3) is 5.92 Å². The highest BCUT2D eigenvalue weighted by molar-refractivity contribution is 5.85. The van der Waals surface area contributed by atoms with Crippen molar-refractivity contribution in [3.05, 3.63) is 35.6 Å². The summed E-state index contributed by atoms with van der Waals surface area (Å²) in [5.74, 6) is -5.21. The van der Waals surface area contributed by atoms with Gasteiger partial charge in [-0.1, -0.05) is 12.1 Å². The summed E-state index contributed by atoms with van der Waals surface area (Å²) in [7, 11) is 0. The monoisotopic (exact) mass is 283 g/mol. The highest BCUT2D eigenvalue weighted by atomic mass is 35.5. The molecule has 102 valence electrons. The van der Waals surface area contributed by atoms with Gasteiger partial charge in [-0.2, -0.15) is 0 Å². The first-order chi connectivity index (χ1) is 7.80. The van der Waals surface area contributed by atoms with E-state index in [2.05, 4.69) is 0 Å². The van der Waals surface area contributed by atoms with E-state index in [4.69, 9.17) is 10.8 Å². The molecule has 3 N–H and O–H groups in total. The highest BCUT2D eigenvalue weighted by Crippen LogP contribution is 2.25. The number of hydrogen-bond acceptors (Lipinski definition) is 2. The number of alkyl halides is 2. The third-order valence-electron chi connectivity index (χ3n) is 2.21. The maximum Gasteiger partial charge on any atom is 0.320 e. The number of carboxylic acid groups (broad SMARTS) is 1. The number of carbonyl (C=O) groups is 1. The van der Waals surface area contributed by atoms with Crippen molar-refractivity contribution in [2.75, 3.05) is 0 Å². The first-order valence-electron chi connectivity index (χ1n) is 4.91. The Bertz CT molecular complexity index is 398. The molecule has 1 aromatic rings. The Kier molecular flexibility index (Phi) is 6.14. The summed E-state index contributed by atoms with van der Waals surface area (Å²) in [6.07, 6.45) is -1.60. The average Bonchev–Trinajstić information content (AvgIpc) is 2.20. The molecular weight excluding hydrogens is 271 g/mol. The normalized spacial score (nSPS) is 12.7. The van der Waals surface area contributed by atoms with Crippen LogP contribution in [-0.2, 0) is 11.2 Å². The molecule has 1 atom stereocenters. The summed E-state index contributed by atoms with van der Waals surface area (Å²) >= 11 is 0. The number of rotatable bonds is 5. The third kappa shape index (κ3) is 5.37. The molecule has 0 spiro atoms. The van der Waals surface area contributed by atoms with Crippen molar-refractivity contribution >= 4 is 18.4 Å². The van der Waals surface area contributed by atoms with Gasteiger partial charge in [0.05, 0.1) is 0 Å². The number of halogens is 4. The van der Waals surface area contributed by atoms with E-state index in [-0.39, 0.29) is 18.0 Å². The van der Waals surface area contributed by atoms with Gasteiger partial charge >= 0.3 is 5.97 Å². The van der Waals surface area contributed by atoms with E-state index in [1.54, 1.807) is 0 Å². The van der Waals surface area contributed by atoms with Crippen LogP contribution in [0.5, 0.6) is 0 Å². The molecule has 1 rings (SSSR count). The zero-order valence-electron chi connectivity index (χ0n) is 9.28. The van der Waals surface area contributed by atoms with Gasteiger partial charge < -0.3 is 10.8 Å². The van der Waals surface area contributed by atoms with Crippen LogP contribution in [0.25, 0.3) is 0 Å². The molecule has 0 aliphatic carbocycles. The Labute approximate surface area is 108 Å². The minimum absolute atomic E-state index is 0. The molecule has 18 heavy (non-hydrogen) atoms. The molecule has 0 unspecified atom stereocenters. The van der Waals surface area contributed by atoms with Gasteiger partial charge in [0.1, 0.15) is 11.9 Å². The molecule has 0 saturated heterocycles. The number of benzene rings is 1. The SMILES string of the molecule is Cl.N[C@@H](CC(F)(F)Cc1ccc(F)cc1)C(=O)O. The van der Waals surface area contributed by atoms with Crippen molar-refractivity contribution in [1.29, 1.82) is 0 Å². The maximum absolute atomic E-state index is 13.4. The van der Waals surface area contributed by atoms with Gasteiger partial charge in [0, 0.05) is 12.8 Å². The molecule has 0 heterocycles. The van der Waals surface area contributed by atoms with E-state index in [0.717, 1.165) is 12.1 Å². The Morgan fingerprint density at radius 1 is 1.33 bits per heavy atom. The van der Waals surface area contributed by atoms with Crippen molar-refractivity contribution in [3.8, 4) is 0 Å². The smallest absolute Gasteiger partial charge is 0.320 e. The molecular formula is C11H13ClF3NO2. The zero-order valence-corrected chi connectivity index (χ0v) is 10.1. The Morgan fingerprint density at radius 2 is 1.83 bits per heavy atom. The van der Waals surface area contributed by atoms with Crippen LogP contribution in [0.1, 0.15) is 12.0 Å². The minimum Gasteiger partial charge on any atom is -0.480 e. The van der Waals surface area contributed by atoms with E-state index in [9.17, 15) is 18.0 Å². The van der Waals surface area contributed by atoms with Gasteiger partial charge in [-0.25, -0.2) is 13.2 Å². The molecule has 0 aromatic heterocycles. The predicted octanol–water partition coefficient (Wildman–Crippen LogP) is 2.23. The molecule has 1 aromatic carbocycles. The van der Waals surface area contributed by atoms with Crippen molar-refractivity contribution in [1.82, 2.24) is 0 Å². The average molecular weight is 284 g/mol. The minimum atomic E-state index is -3.23. The van der Waals surface area contributed by atoms with Crippen LogP contribution in [0.3, 0.4) is 0 Å². The fourth-order valence-electron chi connectivity index (χ4n) is 1.38. The summed E-state index contributed by atoms with van der Waals surface area (Å²) in [6, 6.07) is 3.00. The second-order valence-electron chi connectivity index (χ2n) is 3.81. The fourth-order valence-corrected chi connectivity index (χ4v) is 1.38. The summed E-state index contributed by atoms with van der Waals surface area (Å²) in [4.78, 5) is 10.4. The first-order valence-corrected chi connectivity index (χ1v) is 4.91. The molecule has 0 fully saturated rings. The van der Waals surface area contributed by atoms with E-state index in [0.29, 0.717) is 0 Å². The summed E-state index contributed by atoms with van der Waals surface area (Å²) < 4.78 is 39.3. The van der Waals surface area contributed by atoms with Crippen LogP contribution in [0.15, 0.2) is 24.3 Å². The van der Waals surface area contributed by atoms with Crippen LogP contribution in [0.2, 0.25) is 0 Å². The lowest BCUT2D eigenvalue weighted by atomic mass is 10.0. The van der Waals surface area contributed by atoms with Crippen LogP contribution in [-0.4, -0.2) is 23.0 Å². The van der Waals surface area contributed by atoms with Crippen LogP contribution >= 0.6 is 12.4 Å². The third-order valence-corrected chi connectivity index (χ3v) is 2.21. The predicted molar refractivity (Wildman–Crippen MR) is 62.5 cm³/mol. The topological polar surface area (TPSA) is 63.3 Å². The number of nitrogens with two attached hydrogens (primary N) is 1. The van der Waals surface area contributed by atoms with Gasteiger partial charge in [-0.15, -0.1) is 12.4 Å². The number of carboxylic acids is 1. The van der Waals surface area contributed by atoms with E-state index < -0.39 is 36.6 Å². The molecule has 7 heteroatoms. The molecule has 0 aliphatic rings. The van der Waals surface area contributed by atoms with Crippen molar-refractivity contribution in [2.24, 2.45) is 5.73 Å². The Hall–Kier alpha value is -1.27. The van der Waals surface area contributed by atoms with E-state index >= 15 is 0 Å². The van der Waals surface area contributed by atoms with Gasteiger partial charge in [0.15, 0.2) is 0 Å². The molecule has 0 saturated carbocycles. The van der Waals surface area contributed by atoms with E-state index in [1.165, 1.54) is 12.1 Å². The zero-order chi connectivity index (χ0) is 13.1. The summed E-state index contributed by atoms with van der Waals surface area (Å²) in [6.45, 7) is 0. The lowest BCUT2D eigenvalue weighted by Crippen LogP contribution is -2.37. The number of hydrogen-bond donors (Lipinski definition) is 2. The second-order valence-corrected chi connectivity index (χ2v) is 3.81. The largest absolute Gasteiger partial charge is 0.480 e. The summed E-state index contributed by atoms with van der Waals surface area (Å²) in [5.41, 5.74) is 5.27. The quantitative estimate of drug-likeness (QED) is 0.871. The molecule has 0 aliphatic heterocycles. The lowest BCUT2D eigenvalue weighted by Gasteiger charge is -2.18. The number of aliphatic carboxylic acids is 1. The summed E-state index contributed by atoms with van der Waals surface area (Å²) in [5, 5.41) is 8.44. The van der Waals surface area contributed by atoms with E-state index in [1.807, 2.05) is 0 Å². The van der Waals surface area contributed by atoms with Gasteiger partial charge in [0.2, 0.25) is 0 Å². The van der Waals surface area contributed by atoms with Crippen molar-refractivity contribution in [2.45, 2.75) is 24.8 Å². The van der Waals surface area contributed by atoms with Gasteiger partial charge in [-0.3, -0.25) is 4.79 Å². The van der Waals surface area contributed by atoms with Crippen molar-refractivity contribution < 1.29 is 23.1 Å². The lowest BCUT2D eigenvalue weighted by molar-refractivity contribution is -0.141.